The Morgan fingerprint density at radius 3 is 2.62 bits per heavy atom. The molecule has 0 saturated heterocycles. The quantitative estimate of drug-likeness (QED) is 0.544. The van der Waals surface area contributed by atoms with Crippen LogP contribution < -0.4 is 0 Å². The molecule has 2 aromatic carbocycles. The van der Waals surface area contributed by atoms with Gasteiger partial charge in [-0.15, -0.1) is 5.10 Å². The van der Waals surface area contributed by atoms with Crippen molar-refractivity contribution in [2.24, 2.45) is 0 Å². The summed E-state index contributed by atoms with van der Waals surface area (Å²) in [7, 11) is 0. The average molecular weight is 299 g/mol. The van der Waals surface area contributed by atoms with Gasteiger partial charge in [0.05, 0.1) is 15.5 Å². The minimum atomic E-state index is -0.404. The molecule has 0 saturated carbocycles. The molecule has 0 amide bonds. The number of nitro benzene ring substituents is 1. The highest BCUT2D eigenvalue weighted by Gasteiger charge is 2.16. The monoisotopic (exact) mass is 299 g/mol. The maximum atomic E-state index is 11.3. The third-order valence-electron chi connectivity index (χ3n) is 2.72. The van der Waals surface area contributed by atoms with Crippen molar-refractivity contribution in [3.05, 3.63) is 65.0 Å². The average Bonchev–Trinajstić information content (AvgIpc) is 3.03. The minimum Gasteiger partial charge on any atom is -0.258 e. The van der Waals surface area contributed by atoms with E-state index in [1.807, 2.05) is 30.3 Å². The van der Waals surface area contributed by atoms with E-state index in [4.69, 9.17) is 0 Å². The fourth-order valence-corrected chi connectivity index (χ4v) is 2.69. The van der Waals surface area contributed by atoms with E-state index < -0.39 is 4.92 Å². The fraction of sp³-hybridized carbons (Fsp3) is 0. The molecule has 1 heterocycles. The van der Waals surface area contributed by atoms with Crippen molar-refractivity contribution in [1.82, 2.24) is 20.2 Å². The van der Waals surface area contributed by atoms with Gasteiger partial charge < -0.3 is 0 Å². The van der Waals surface area contributed by atoms with Gasteiger partial charge in [-0.2, -0.15) is 0 Å². The number of tetrazole rings is 1. The standard InChI is InChI=1S/C13H9N5O2S/c19-18(20)12-8-10(17-9-14-15-16-17)6-7-13(12)21-11-4-2-1-3-5-11/h1-9H. The van der Waals surface area contributed by atoms with Gasteiger partial charge in [-0.1, -0.05) is 30.0 Å². The summed E-state index contributed by atoms with van der Waals surface area (Å²) in [5.74, 6) is 0. The molecule has 0 radical (unpaired) electrons. The van der Waals surface area contributed by atoms with Crippen LogP contribution in [0.25, 0.3) is 5.69 Å². The molecular weight excluding hydrogens is 290 g/mol. The van der Waals surface area contributed by atoms with Crippen LogP contribution in [0.3, 0.4) is 0 Å². The molecule has 104 valence electrons. The second-order valence-electron chi connectivity index (χ2n) is 4.08. The first-order chi connectivity index (χ1) is 10.2. The second-order valence-corrected chi connectivity index (χ2v) is 5.19. The molecular formula is C13H9N5O2S. The zero-order valence-electron chi connectivity index (χ0n) is 10.7. The van der Waals surface area contributed by atoms with Crippen LogP contribution in [0.2, 0.25) is 0 Å². The third kappa shape index (κ3) is 2.90. The highest BCUT2D eigenvalue weighted by atomic mass is 32.2. The van der Waals surface area contributed by atoms with E-state index >= 15 is 0 Å². The highest BCUT2D eigenvalue weighted by molar-refractivity contribution is 7.99. The zero-order valence-corrected chi connectivity index (χ0v) is 11.5. The van der Waals surface area contributed by atoms with E-state index in [0.29, 0.717) is 10.6 Å². The molecule has 8 heteroatoms. The molecule has 0 fully saturated rings. The van der Waals surface area contributed by atoms with Gasteiger partial charge in [0, 0.05) is 11.0 Å². The number of aromatic nitrogens is 4. The SMILES string of the molecule is O=[N+]([O-])c1cc(-n2cnnn2)ccc1Sc1ccccc1. The summed E-state index contributed by atoms with van der Waals surface area (Å²) < 4.78 is 1.38. The van der Waals surface area contributed by atoms with E-state index in [-0.39, 0.29) is 5.69 Å². The highest BCUT2D eigenvalue weighted by Crippen LogP contribution is 2.35. The maximum Gasteiger partial charge on any atom is 0.285 e. The summed E-state index contributed by atoms with van der Waals surface area (Å²) in [5, 5.41) is 22.0. The first-order valence-electron chi connectivity index (χ1n) is 5.99. The van der Waals surface area contributed by atoms with Crippen molar-refractivity contribution in [2.75, 3.05) is 0 Å². The summed E-state index contributed by atoms with van der Waals surface area (Å²) in [5.41, 5.74) is 0.570. The molecule has 0 bridgehead atoms. The molecule has 0 aliphatic carbocycles. The van der Waals surface area contributed by atoms with Gasteiger partial charge in [0.1, 0.15) is 6.33 Å². The van der Waals surface area contributed by atoms with E-state index in [0.717, 1.165) is 4.90 Å². The van der Waals surface area contributed by atoms with Crippen LogP contribution >= 0.6 is 11.8 Å². The number of rotatable bonds is 4. The topological polar surface area (TPSA) is 86.7 Å². The Morgan fingerprint density at radius 1 is 1.14 bits per heavy atom. The molecule has 21 heavy (non-hydrogen) atoms. The van der Waals surface area contributed by atoms with Gasteiger partial charge in [0.25, 0.3) is 5.69 Å². The zero-order chi connectivity index (χ0) is 14.7. The van der Waals surface area contributed by atoms with Crippen molar-refractivity contribution in [3.8, 4) is 5.69 Å². The lowest BCUT2D eigenvalue weighted by atomic mass is 10.3. The first-order valence-corrected chi connectivity index (χ1v) is 6.80. The molecule has 3 rings (SSSR count). The summed E-state index contributed by atoms with van der Waals surface area (Å²) in [6.45, 7) is 0. The Labute approximate surface area is 123 Å². The van der Waals surface area contributed by atoms with Crippen LogP contribution in [0.15, 0.2) is 64.6 Å². The third-order valence-corrected chi connectivity index (χ3v) is 3.80. The van der Waals surface area contributed by atoms with Gasteiger partial charge in [0.2, 0.25) is 0 Å². The van der Waals surface area contributed by atoms with E-state index in [1.165, 1.54) is 28.8 Å². The van der Waals surface area contributed by atoms with Gasteiger partial charge in [-0.3, -0.25) is 10.1 Å². The van der Waals surface area contributed by atoms with Crippen LogP contribution in [-0.4, -0.2) is 25.1 Å². The molecule has 0 spiro atoms. The molecule has 0 N–H and O–H groups in total. The molecule has 0 aliphatic rings. The smallest absolute Gasteiger partial charge is 0.258 e. The lowest BCUT2D eigenvalue weighted by Gasteiger charge is -2.05. The molecule has 0 atom stereocenters. The van der Waals surface area contributed by atoms with E-state index in [9.17, 15) is 10.1 Å². The summed E-state index contributed by atoms with van der Waals surface area (Å²) >= 11 is 1.35. The maximum absolute atomic E-state index is 11.3. The van der Waals surface area contributed by atoms with E-state index in [2.05, 4.69) is 15.5 Å². The summed E-state index contributed by atoms with van der Waals surface area (Å²) in [4.78, 5) is 12.4. The van der Waals surface area contributed by atoms with Crippen LogP contribution in [0.4, 0.5) is 5.69 Å². The Kier molecular flexibility index (Phi) is 3.61. The fourth-order valence-electron chi connectivity index (χ4n) is 1.77. The predicted octanol–water partition coefficient (Wildman–Crippen LogP) is 2.72. The minimum absolute atomic E-state index is 0.0249. The van der Waals surface area contributed by atoms with Gasteiger partial charge >= 0.3 is 0 Å². The van der Waals surface area contributed by atoms with Crippen LogP contribution in [-0.2, 0) is 0 Å². The van der Waals surface area contributed by atoms with Crippen LogP contribution in [0.1, 0.15) is 0 Å². The molecule has 7 nitrogen and oxygen atoms in total. The Balaban J connectivity index is 1.99. The molecule has 1 aromatic heterocycles. The van der Waals surface area contributed by atoms with Crippen molar-refractivity contribution in [2.45, 2.75) is 9.79 Å². The van der Waals surface area contributed by atoms with Crippen molar-refractivity contribution in [1.29, 1.82) is 0 Å². The Morgan fingerprint density at radius 2 is 1.95 bits per heavy atom. The normalized spacial score (nSPS) is 10.5. The Bertz CT molecular complexity index is 761. The van der Waals surface area contributed by atoms with Gasteiger partial charge in [0.15, 0.2) is 0 Å². The van der Waals surface area contributed by atoms with Crippen molar-refractivity contribution in [3.63, 3.8) is 0 Å². The second kappa shape index (κ2) is 5.71. The lowest BCUT2D eigenvalue weighted by molar-refractivity contribution is -0.387. The number of hydrogen-bond acceptors (Lipinski definition) is 6. The molecule has 0 aliphatic heterocycles. The van der Waals surface area contributed by atoms with Gasteiger partial charge in [-0.25, -0.2) is 4.68 Å². The van der Waals surface area contributed by atoms with E-state index in [1.54, 1.807) is 12.1 Å². The van der Waals surface area contributed by atoms with Crippen LogP contribution in [0.5, 0.6) is 0 Å². The number of nitro groups is 1. The van der Waals surface area contributed by atoms with Crippen LogP contribution in [0, 0.1) is 10.1 Å². The predicted molar refractivity (Wildman–Crippen MR) is 76.4 cm³/mol. The molecule has 0 unspecified atom stereocenters. The largest absolute Gasteiger partial charge is 0.285 e. The van der Waals surface area contributed by atoms with Crippen molar-refractivity contribution < 1.29 is 4.92 Å². The number of nitrogens with zero attached hydrogens (tertiary/aromatic N) is 5. The number of hydrogen-bond donors (Lipinski definition) is 0. The lowest BCUT2D eigenvalue weighted by Crippen LogP contribution is -1.98. The van der Waals surface area contributed by atoms with Gasteiger partial charge in [-0.05, 0) is 34.7 Å². The first kappa shape index (κ1) is 13.3. The Hall–Kier alpha value is -2.74. The summed E-state index contributed by atoms with van der Waals surface area (Å²) in [6.07, 6.45) is 1.39. The van der Waals surface area contributed by atoms with Crippen molar-refractivity contribution >= 4 is 17.4 Å². The summed E-state index contributed by atoms with van der Waals surface area (Å²) in [6, 6.07) is 14.4. The molecule has 3 aromatic rings. The number of benzene rings is 2.